The topological polar surface area (TPSA) is 190 Å². The number of anilines is 2. The second-order valence-electron chi connectivity index (χ2n) is 10.9. The molecule has 1 amide bonds. The predicted octanol–water partition coefficient (Wildman–Crippen LogP) is 3.21. The van der Waals surface area contributed by atoms with Crippen LogP contribution in [0.25, 0.3) is 11.5 Å². The molecule has 0 radical (unpaired) electrons. The Morgan fingerprint density at radius 2 is 1.85 bits per heavy atom. The average molecular weight is 666 g/mol. The summed E-state index contributed by atoms with van der Waals surface area (Å²) in [4.78, 5) is 29.7. The first kappa shape index (κ1) is 31.3. The van der Waals surface area contributed by atoms with Crippen molar-refractivity contribution in [3.63, 3.8) is 0 Å². The second-order valence-corrected chi connectivity index (χ2v) is 13.2. The van der Waals surface area contributed by atoms with Gasteiger partial charge >= 0.3 is 5.91 Å². The molecule has 0 unspecified atom stereocenters. The molecule has 240 valence electrons. The molecule has 2 aromatic carbocycles. The van der Waals surface area contributed by atoms with E-state index in [1.165, 1.54) is 16.4 Å². The van der Waals surface area contributed by atoms with Gasteiger partial charge in [-0.05, 0) is 56.2 Å². The summed E-state index contributed by atoms with van der Waals surface area (Å²) in [6, 6.07) is 15.9. The number of guanidine groups is 1. The molecular weight excluding hydrogens is 634 g/mol. The number of hydrogen-bond acceptors (Lipinski definition) is 10. The van der Waals surface area contributed by atoms with Gasteiger partial charge in [-0.15, -0.1) is 0 Å². The minimum Gasteiger partial charge on any atom is -0.487 e. The van der Waals surface area contributed by atoms with Gasteiger partial charge in [-0.3, -0.25) is 4.79 Å². The van der Waals surface area contributed by atoms with E-state index in [2.05, 4.69) is 35.9 Å². The molecule has 0 atom stereocenters. The SMILES string of the molecule is CNc1nc(N)c(Cl)nc1C(=O)/N=C1\NCC2(CCN(S(=O)(=O)c3ccc(OCc4nc(-c5ccccc5)oc4C)cc3)CC2)N1. The molecule has 2 fully saturated rings. The summed E-state index contributed by atoms with van der Waals surface area (Å²) in [5, 5.41) is 9.05. The highest BCUT2D eigenvalue weighted by molar-refractivity contribution is 7.89. The molecule has 14 nitrogen and oxygen atoms in total. The van der Waals surface area contributed by atoms with Gasteiger partial charge in [0.25, 0.3) is 0 Å². The number of aryl methyl sites for hydroxylation is 1. The third-order valence-electron chi connectivity index (χ3n) is 7.94. The molecule has 4 heterocycles. The van der Waals surface area contributed by atoms with E-state index in [1.54, 1.807) is 19.2 Å². The number of rotatable bonds is 8. The van der Waals surface area contributed by atoms with Gasteiger partial charge in [-0.1, -0.05) is 29.8 Å². The Balaban J connectivity index is 1.05. The highest BCUT2D eigenvalue weighted by atomic mass is 35.5. The first-order chi connectivity index (χ1) is 22.1. The van der Waals surface area contributed by atoms with Crippen molar-refractivity contribution in [2.24, 2.45) is 4.99 Å². The van der Waals surface area contributed by atoms with Crippen LogP contribution in [0.4, 0.5) is 11.6 Å². The number of oxazole rings is 1. The summed E-state index contributed by atoms with van der Waals surface area (Å²) in [5.41, 5.74) is 6.69. The van der Waals surface area contributed by atoms with Crippen molar-refractivity contribution >= 4 is 45.1 Å². The number of ether oxygens (including phenoxy) is 1. The number of carbonyl (C=O) groups is 1. The number of hydrogen-bond donors (Lipinski definition) is 4. The van der Waals surface area contributed by atoms with Crippen molar-refractivity contribution in [2.45, 2.75) is 36.8 Å². The smallest absolute Gasteiger partial charge is 0.302 e. The van der Waals surface area contributed by atoms with Crippen molar-refractivity contribution in [2.75, 3.05) is 37.7 Å². The summed E-state index contributed by atoms with van der Waals surface area (Å²) < 4.78 is 40.1. The Labute approximate surface area is 270 Å². The van der Waals surface area contributed by atoms with Crippen molar-refractivity contribution in [3.8, 4) is 17.2 Å². The fraction of sp³-hybridized carbons (Fsp3) is 0.300. The standard InChI is InChI=1S/C30H32ClN9O5S/c1-18-22(35-28(45-18)19-6-4-3-5-7-19)16-44-20-8-10-21(11-9-20)46(42,43)40-14-12-30(13-15-40)17-34-29(39-30)38-27(41)23-26(33-2)37-25(32)24(31)36-23/h3-11H,12-17H2,1-2H3,(H3,32,33,37)(H2,34,38,39,41). The first-order valence-corrected chi connectivity index (χ1v) is 16.3. The number of piperidine rings is 1. The van der Waals surface area contributed by atoms with Gasteiger partial charge in [0.1, 0.15) is 23.8 Å². The van der Waals surface area contributed by atoms with Crippen LogP contribution in [0.2, 0.25) is 5.15 Å². The van der Waals surface area contributed by atoms with Crippen LogP contribution in [-0.4, -0.2) is 71.8 Å². The van der Waals surface area contributed by atoms with E-state index < -0.39 is 21.5 Å². The summed E-state index contributed by atoms with van der Waals surface area (Å²) in [5.74, 6) is 1.44. The Bertz CT molecular complexity index is 1890. The molecule has 2 aliphatic heterocycles. The molecule has 6 rings (SSSR count). The lowest BCUT2D eigenvalue weighted by Gasteiger charge is -2.37. The molecule has 2 saturated heterocycles. The number of aromatic nitrogens is 3. The van der Waals surface area contributed by atoms with Gasteiger partial charge in [0.05, 0.1) is 10.4 Å². The highest BCUT2D eigenvalue weighted by Crippen LogP contribution is 2.30. The van der Waals surface area contributed by atoms with E-state index >= 15 is 0 Å². The molecular formula is C30H32ClN9O5S. The van der Waals surface area contributed by atoms with Gasteiger partial charge in [0.2, 0.25) is 15.9 Å². The lowest BCUT2D eigenvalue weighted by Crippen LogP contribution is -2.53. The van der Waals surface area contributed by atoms with Gasteiger partial charge in [0, 0.05) is 32.2 Å². The van der Waals surface area contributed by atoms with Crippen LogP contribution in [-0.2, 0) is 16.6 Å². The Hall–Kier alpha value is -4.73. The summed E-state index contributed by atoms with van der Waals surface area (Å²) in [7, 11) is -2.16. The monoisotopic (exact) mass is 665 g/mol. The zero-order chi connectivity index (χ0) is 32.5. The number of nitrogen functional groups attached to an aromatic ring is 1. The number of amides is 1. The number of nitrogens with one attached hydrogen (secondary N) is 3. The molecule has 2 aliphatic rings. The van der Waals surface area contributed by atoms with Crippen molar-refractivity contribution in [1.29, 1.82) is 0 Å². The minimum atomic E-state index is -3.74. The van der Waals surface area contributed by atoms with Crippen molar-refractivity contribution < 1.29 is 22.4 Å². The van der Waals surface area contributed by atoms with Crippen LogP contribution in [0, 0.1) is 6.92 Å². The minimum absolute atomic E-state index is 0.00639. The molecule has 5 N–H and O–H groups in total. The summed E-state index contributed by atoms with van der Waals surface area (Å²) in [6.07, 6.45) is 1.01. The number of carbonyl (C=O) groups excluding carboxylic acids is 1. The van der Waals surface area contributed by atoms with E-state index in [0.29, 0.717) is 42.5 Å². The largest absolute Gasteiger partial charge is 0.487 e. The average Bonchev–Trinajstić information content (AvgIpc) is 3.64. The number of aliphatic imine (C=N–C) groups is 1. The highest BCUT2D eigenvalue weighted by Gasteiger charge is 2.42. The van der Waals surface area contributed by atoms with Crippen LogP contribution in [0.15, 0.2) is 68.9 Å². The van der Waals surface area contributed by atoms with E-state index in [9.17, 15) is 13.2 Å². The van der Waals surface area contributed by atoms with E-state index in [0.717, 1.165) is 5.56 Å². The number of sulfonamides is 1. The molecule has 46 heavy (non-hydrogen) atoms. The van der Waals surface area contributed by atoms with Crippen LogP contribution < -0.4 is 26.4 Å². The number of nitrogens with two attached hydrogens (primary N) is 1. The van der Waals surface area contributed by atoms with Gasteiger partial charge in [-0.2, -0.15) is 9.30 Å². The molecule has 0 saturated carbocycles. The fourth-order valence-electron chi connectivity index (χ4n) is 5.30. The maximum absolute atomic E-state index is 13.5. The Kier molecular flexibility index (Phi) is 8.55. The van der Waals surface area contributed by atoms with E-state index in [1.807, 2.05) is 37.3 Å². The number of benzene rings is 2. The molecule has 0 aliphatic carbocycles. The molecule has 16 heteroatoms. The molecule has 4 aromatic rings. The van der Waals surface area contributed by atoms with Crippen LogP contribution in [0.3, 0.4) is 0 Å². The van der Waals surface area contributed by atoms with Crippen LogP contribution >= 0.6 is 11.6 Å². The molecule has 1 spiro atoms. The predicted molar refractivity (Wildman–Crippen MR) is 172 cm³/mol. The first-order valence-electron chi connectivity index (χ1n) is 14.5. The van der Waals surface area contributed by atoms with Crippen LogP contribution in [0.5, 0.6) is 5.75 Å². The lowest BCUT2D eigenvalue weighted by atomic mass is 9.90. The molecule has 2 aromatic heterocycles. The van der Waals surface area contributed by atoms with Gasteiger partial charge in [0.15, 0.2) is 28.4 Å². The zero-order valence-corrected chi connectivity index (χ0v) is 26.7. The van der Waals surface area contributed by atoms with E-state index in [4.69, 9.17) is 26.5 Å². The maximum Gasteiger partial charge on any atom is 0.302 e. The zero-order valence-electron chi connectivity index (χ0n) is 25.1. The second kappa shape index (κ2) is 12.6. The number of nitrogens with zero attached hydrogens (tertiary/aromatic N) is 5. The van der Waals surface area contributed by atoms with Crippen LogP contribution in [0.1, 0.15) is 34.8 Å². The fourth-order valence-corrected chi connectivity index (χ4v) is 6.87. The summed E-state index contributed by atoms with van der Waals surface area (Å²) >= 11 is 5.96. The quantitative estimate of drug-likeness (QED) is 0.215. The normalized spacial score (nSPS) is 17.1. The van der Waals surface area contributed by atoms with E-state index in [-0.39, 0.29) is 53.0 Å². The van der Waals surface area contributed by atoms with Crippen molar-refractivity contribution in [3.05, 3.63) is 76.9 Å². The third kappa shape index (κ3) is 6.34. The summed E-state index contributed by atoms with van der Waals surface area (Å²) in [6.45, 7) is 3.05. The van der Waals surface area contributed by atoms with Gasteiger partial charge < -0.3 is 30.8 Å². The maximum atomic E-state index is 13.5. The Morgan fingerprint density at radius 1 is 1.13 bits per heavy atom. The number of halogens is 1. The molecule has 0 bridgehead atoms. The Morgan fingerprint density at radius 3 is 2.54 bits per heavy atom. The van der Waals surface area contributed by atoms with Crippen molar-refractivity contribution in [1.82, 2.24) is 29.9 Å². The third-order valence-corrected chi connectivity index (χ3v) is 10.1. The van der Waals surface area contributed by atoms with Gasteiger partial charge in [-0.25, -0.2) is 23.4 Å². The lowest BCUT2D eigenvalue weighted by molar-refractivity contribution is 0.0998.